The summed E-state index contributed by atoms with van der Waals surface area (Å²) < 4.78 is 37.8. The van der Waals surface area contributed by atoms with Gasteiger partial charge in [0.1, 0.15) is 0 Å². The third-order valence-corrected chi connectivity index (χ3v) is 5.77. The Hall–Kier alpha value is -2.25. The monoisotopic (exact) mass is 413 g/mol. The molecule has 160 valence electrons. The van der Waals surface area contributed by atoms with E-state index >= 15 is 0 Å². The fourth-order valence-corrected chi connectivity index (χ4v) is 3.99. The van der Waals surface area contributed by atoms with Gasteiger partial charge in [0, 0.05) is 25.1 Å². The molecule has 0 unspecified atom stereocenters. The molecular formula is C26H30F3N. The number of benzene rings is 2. The van der Waals surface area contributed by atoms with Crippen molar-refractivity contribution in [3.8, 4) is 11.8 Å². The minimum atomic E-state index is -4.29. The predicted octanol–water partition coefficient (Wildman–Crippen LogP) is 7.10. The lowest BCUT2D eigenvalue weighted by Crippen LogP contribution is -2.13. The van der Waals surface area contributed by atoms with Crippen molar-refractivity contribution in [2.75, 3.05) is 0 Å². The second-order valence-electron chi connectivity index (χ2n) is 8.19. The molecule has 3 rings (SSSR count). The van der Waals surface area contributed by atoms with E-state index in [1.807, 2.05) is 24.3 Å². The molecular weight excluding hydrogens is 383 g/mol. The van der Waals surface area contributed by atoms with Crippen molar-refractivity contribution < 1.29 is 13.2 Å². The fourth-order valence-electron chi connectivity index (χ4n) is 3.99. The van der Waals surface area contributed by atoms with E-state index in [0.717, 1.165) is 41.2 Å². The van der Waals surface area contributed by atoms with E-state index in [1.54, 1.807) is 0 Å². The van der Waals surface area contributed by atoms with Gasteiger partial charge >= 0.3 is 6.18 Å². The van der Waals surface area contributed by atoms with Crippen LogP contribution in [0.4, 0.5) is 13.2 Å². The number of hydrogen-bond acceptors (Lipinski definition) is 1. The van der Waals surface area contributed by atoms with E-state index < -0.39 is 11.7 Å². The zero-order chi connectivity index (χ0) is 21.2. The van der Waals surface area contributed by atoms with Crippen molar-refractivity contribution in [3.05, 3.63) is 70.8 Å². The van der Waals surface area contributed by atoms with Gasteiger partial charge in [0.15, 0.2) is 0 Å². The minimum absolute atomic E-state index is 0.528. The Bertz CT molecular complexity index is 820. The Kier molecular flexibility index (Phi) is 8.39. The van der Waals surface area contributed by atoms with Gasteiger partial charge in [-0.15, -0.1) is 0 Å². The molecule has 1 N–H and O–H groups in total. The number of hydrogen-bond donors (Lipinski definition) is 1. The van der Waals surface area contributed by atoms with Crippen LogP contribution in [0.25, 0.3) is 0 Å². The van der Waals surface area contributed by atoms with Gasteiger partial charge < -0.3 is 5.32 Å². The molecule has 1 nitrogen and oxygen atoms in total. The molecule has 0 saturated heterocycles. The predicted molar refractivity (Wildman–Crippen MR) is 116 cm³/mol. The summed E-state index contributed by atoms with van der Waals surface area (Å²) in [4.78, 5) is 0. The largest absolute Gasteiger partial charge is 0.416 e. The number of rotatable bonds is 7. The second kappa shape index (κ2) is 11.2. The Morgan fingerprint density at radius 1 is 0.833 bits per heavy atom. The number of halogens is 3. The molecule has 0 atom stereocenters. The quantitative estimate of drug-likeness (QED) is 0.377. The highest BCUT2D eigenvalue weighted by molar-refractivity contribution is 5.36. The summed E-state index contributed by atoms with van der Waals surface area (Å²) in [6, 6.07) is 13.4. The Balaban J connectivity index is 1.36. The summed E-state index contributed by atoms with van der Waals surface area (Å²) in [6.45, 7) is 1.19. The van der Waals surface area contributed by atoms with Crippen molar-refractivity contribution >= 4 is 0 Å². The number of unbranched alkanes of at least 4 members (excludes halogenated alkanes) is 1. The number of alkyl halides is 3. The second-order valence-corrected chi connectivity index (χ2v) is 8.19. The average molecular weight is 414 g/mol. The third kappa shape index (κ3) is 7.54. The summed E-state index contributed by atoms with van der Waals surface area (Å²) >= 11 is 0. The normalized spacial score (nSPS) is 14.9. The average Bonchev–Trinajstić information content (AvgIpc) is 2.75. The van der Waals surface area contributed by atoms with Gasteiger partial charge in [-0.2, -0.15) is 13.2 Å². The first-order valence-corrected chi connectivity index (χ1v) is 11.0. The standard InChI is InChI=1S/C26H30F3N/c27-26(28,29)25-17-15-24(16-18-25)20-30-19-23-13-11-22(12-14-23)10-6-2-5-9-21-7-3-1-4-8-21/h11-18,21,30H,1-5,7-9,19-20H2. The van der Waals surface area contributed by atoms with E-state index in [0.29, 0.717) is 13.1 Å². The summed E-state index contributed by atoms with van der Waals surface area (Å²) in [5, 5.41) is 3.27. The summed E-state index contributed by atoms with van der Waals surface area (Å²) in [5.41, 5.74) is 2.37. The highest BCUT2D eigenvalue weighted by Crippen LogP contribution is 2.29. The van der Waals surface area contributed by atoms with E-state index in [4.69, 9.17) is 0 Å². The molecule has 0 amide bonds. The van der Waals surface area contributed by atoms with Gasteiger partial charge in [-0.25, -0.2) is 0 Å². The maximum absolute atomic E-state index is 12.6. The first-order valence-electron chi connectivity index (χ1n) is 11.0. The molecule has 0 aromatic heterocycles. The Labute approximate surface area is 178 Å². The van der Waals surface area contributed by atoms with Crippen molar-refractivity contribution in [2.45, 2.75) is 70.6 Å². The maximum Gasteiger partial charge on any atom is 0.416 e. The smallest absolute Gasteiger partial charge is 0.309 e. The van der Waals surface area contributed by atoms with Crippen LogP contribution < -0.4 is 5.32 Å². The van der Waals surface area contributed by atoms with Crippen molar-refractivity contribution in [2.24, 2.45) is 5.92 Å². The van der Waals surface area contributed by atoms with Crippen molar-refractivity contribution in [1.29, 1.82) is 0 Å². The van der Waals surface area contributed by atoms with Crippen LogP contribution in [0, 0.1) is 17.8 Å². The summed E-state index contributed by atoms with van der Waals surface area (Å²) in [6.07, 6.45) is 6.23. The van der Waals surface area contributed by atoms with Crippen molar-refractivity contribution in [3.63, 3.8) is 0 Å². The fraction of sp³-hybridized carbons (Fsp3) is 0.462. The van der Waals surface area contributed by atoms with Crippen LogP contribution in [-0.4, -0.2) is 0 Å². The zero-order valence-electron chi connectivity index (χ0n) is 17.4. The van der Waals surface area contributed by atoms with Crippen molar-refractivity contribution in [1.82, 2.24) is 5.32 Å². The maximum atomic E-state index is 12.6. The molecule has 30 heavy (non-hydrogen) atoms. The van der Waals surface area contributed by atoms with Gasteiger partial charge in [-0.1, -0.05) is 68.2 Å². The first kappa shape index (κ1) is 22.4. The van der Waals surface area contributed by atoms with E-state index in [-0.39, 0.29) is 0 Å². The zero-order valence-corrected chi connectivity index (χ0v) is 17.4. The first-order chi connectivity index (χ1) is 14.5. The molecule has 1 aliphatic carbocycles. The molecule has 0 bridgehead atoms. The van der Waals surface area contributed by atoms with E-state index in [2.05, 4.69) is 17.2 Å². The molecule has 0 spiro atoms. The molecule has 0 radical (unpaired) electrons. The van der Waals surface area contributed by atoms with Crippen LogP contribution in [0.5, 0.6) is 0 Å². The number of nitrogens with one attached hydrogen (secondary N) is 1. The third-order valence-electron chi connectivity index (χ3n) is 5.77. The molecule has 2 aromatic rings. The van der Waals surface area contributed by atoms with Gasteiger partial charge in [0.2, 0.25) is 0 Å². The SMILES string of the molecule is FC(F)(F)c1ccc(CNCc2ccc(C#CCCCC3CCCCC3)cc2)cc1. The molecule has 1 fully saturated rings. The molecule has 1 saturated carbocycles. The minimum Gasteiger partial charge on any atom is -0.309 e. The van der Waals surface area contributed by atoms with Gasteiger partial charge in [0.25, 0.3) is 0 Å². The lowest BCUT2D eigenvalue weighted by Gasteiger charge is -2.20. The highest BCUT2D eigenvalue weighted by atomic mass is 19.4. The molecule has 2 aromatic carbocycles. The molecule has 4 heteroatoms. The highest BCUT2D eigenvalue weighted by Gasteiger charge is 2.29. The van der Waals surface area contributed by atoms with E-state index in [9.17, 15) is 13.2 Å². The van der Waals surface area contributed by atoms with Crippen LogP contribution in [0.15, 0.2) is 48.5 Å². The summed E-state index contributed by atoms with van der Waals surface area (Å²) in [5.74, 6) is 7.47. The lowest BCUT2D eigenvalue weighted by molar-refractivity contribution is -0.137. The topological polar surface area (TPSA) is 12.0 Å². The Morgan fingerprint density at radius 3 is 2.03 bits per heavy atom. The van der Waals surface area contributed by atoms with Crippen LogP contribution >= 0.6 is 0 Å². The Morgan fingerprint density at radius 2 is 1.43 bits per heavy atom. The molecule has 1 aliphatic rings. The summed E-state index contributed by atoms with van der Waals surface area (Å²) in [7, 11) is 0. The van der Waals surface area contributed by atoms with Gasteiger partial charge in [-0.05, 0) is 54.2 Å². The van der Waals surface area contributed by atoms with Gasteiger partial charge in [-0.3, -0.25) is 0 Å². The lowest BCUT2D eigenvalue weighted by atomic mass is 9.86. The molecule has 0 aliphatic heterocycles. The van der Waals surface area contributed by atoms with Crippen LogP contribution in [0.3, 0.4) is 0 Å². The van der Waals surface area contributed by atoms with Crippen LogP contribution in [-0.2, 0) is 19.3 Å². The van der Waals surface area contributed by atoms with E-state index in [1.165, 1.54) is 57.1 Å². The van der Waals surface area contributed by atoms with Crippen LogP contribution in [0.1, 0.15) is 73.6 Å². The molecule has 0 heterocycles. The van der Waals surface area contributed by atoms with Gasteiger partial charge in [0.05, 0.1) is 5.56 Å². The van der Waals surface area contributed by atoms with Crippen LogP contribution in [0.2, 0.25) is 0 Å².